The number of rotatable bonds is 3. The number of carbonyl (C=O) groups is 2. The van der Waals surface area contributed by atoms with E-state index >= 15 is 0 Å². The van der Waals surface area contributed by atoms with E-state index in [9.17, 15) is 14.0 Å². The molecule has 0 saturated carbocycles. The van der Waals surface area contributed by atoms with Crippen molar-refractivity contribution in [3.05, 3.63) is 35.6 Å². The minimum Gasteiger partial charge on any atom is -0.347 e. The van der Waals surface area contributed by atoms with E-state index in [0.29, 0.717) is 13.1 Å². The molecule has 120 valence electrons. The number of hydrogen-bond donors (Lipinski definition) is 0. The quantitative estimate of drug-likeness (QED) is 0.821. The summed E-state index contributed by atoms with van der Waals surface area (Å²) in [5.41, 5.74) is 0.751. The lowest BCUT2D eigenvalue weighted by molar-refractivity contribution is -0.147. The fourth-order valence-corrected chi connectivity index (χ4v) is 2.61. The van der Waals surface area contributed by atoms with Gasteiger partial charge in [-0.2, -0.15) is 0 Å². The molecular weight excluding hydrogens is 285 g/mol. The Hall–Kier alpha value is -1.95. The van der Waals surface area contributed by atoms with Crippen LogP contribution >= 0.6 is 0 Å². The summed E-state index contributed by atoms with van der Waals surface area (Å²) < 4.78 is 12.9. The van der Waals surface area contributed by atoms with Crippen molar-refractivity contribution in [3.63, 3.8) is 0 Å². The van der Waals surface area contributed by atoms with Crippen LogP contribution < -0.4 is 0 Å². The van der Waals surface area contributed by atoms with E-state index in [2.05, 4.69) is 0 Å². The van der Waals surface area contributed by atoms with Gasteiger partial charge in [0.1, 0.15) is 11.9 Å². The van der Waals surface area contributed by atoms with E-state index in [1.807, 2.05) is 11.9 Å². The maximum absolute atomic E-state index is 12.9. The van der Waals surface area contributed by atoms with Gasteiger partial charge in [0.25, 0.3) is 0 Å². The Labute approximate surface area is 130 Å². The number of likely N-dealkylation sites (N-methyl/N-ethyl adjacent to an activating group) is 2. The molecule has 1 aromatic rings. The van der Waals surface area contributed by atoms with Crippen molar-refractivity contribution in [2.75, 3.05) is 40.8 Å². The Balaban J connectivity index is 2.11. The predicted octanol–water partition coefficient (Wildman–Crippen LogP) is 0.599. The molecule has 0 bridgehead atoms. The van der Waals surface area contributed by atoms with E-state index in [1.165, 1.54) is 17.0 Å². The molecule has 1 aliphatic rings. The van der Waals surface area contributed by atoms with E-state index < -0.39 is 6.04 Å². The fraction of sp³-hybridized carbons (Fsp3) is 0.500. The summed E-state index contributed by atoms with van der Waals surface area (Å²) in [6.45, 7) is 1.80. The summed E-state index contributed by atoms with van der Waals surface area (Å²) in [5.74, 6) is -0.490. The Morgan fingerprint density at radius 3 is 2.45 bits per heavy atom. The zero-order valence-corrected chi connectivity index (χ0v) is 13.3. The fourth-order valence-electron chi connectivity index (χ4n) is 2.61. The van der Waals surface area contributed by atoms with Crippen LogP contribution in [0.4, 0.5) is 4.39 Å². The highest BCUT2D eigenvalue weighted by molar-refractivity contribution is 5.88. The maximum Gasteiger partial charge on any atom is 0.246 e. The molecule has 0 aliphatic carbocycles. The van der Waals surface area contributed by atoms with Crippen molar-refractivity contribution in [1.82, 2.24) is 14.7 Å². The number of nitrogens with zero attached hydrogens (tertiary/aromatic N) is 3. The van der Waals surface area contributed by atoms with Gasteiger partial charge in [-0.3, -0.25) is 9.59 Å². The third kappa shape index (κ3) is 3.82. The molecule has 1 aromatic carbocycles. The smallest absolute Gasteiger partial charge is 0.246 e. The number of piperazine rings is 1. The van der Waals surface area contributed by atoms with Gasteiger partial charge < -0.3 is 14.7 Å². The van der Waals surface area contributed by atoms with Gasteiger partial charge in [0.05, 0.1) is 6.42 Å². The lowest BCUT2D eigenvalue weighted by Gasteiger charge is -2.40. The molecule has 6 heteroatoms. The molecule has 5 nitrogen and oxygen atoms in total. The summed E-state index contributed by atoms with van der Waals surface area (Å²) in [6, 6.07) is 5.43. The maximum atomic E-state index is 12.9. The number of benzene rings is 1. The van der Waals surface area contributed by atoms with Gasteiger partial charge in [0.2, 0.25) is 11.8 Å². The van der Waals surface area contributed by atoms with Gasteiger partial charge in [-0.25, -0.2) is 4.39 Å². The summed E-state index contributed by atoms with van der Waals surface area (Å²) in [6.07, 6.45) is 0.182. The van der Waals surface area contributed by atoms with Crippen LogP contribution in [0.1, 0.15) is 5.56 Å². The molecule has 0 radical (unpaired) electrons. The van der Waals surface area contributed by atoms with E-state index in [-0.39, 0.29) is 24.1 Å². The van der Waals surface area contributed by atoms with Gasteiger partial charge in [0, 0.05) is 33.7 Å². The van der Waals surface area contributed by atoms with Crippen LogP contribution in [0.3, 0.4) is 0 Å². The first-order chi connectivity index (χ1) is 10.4. The lowest BCUT2D eigenvalue weighted by atomic mass is 10.1. The average molecular weight is 307 g/mol. The van der Waals surface area contributed by atoms with Crippen molar-refractivity contribution in [2.24, 2.45) is 0 Å². The summed E-state index contributed by atoms with van der Waals surface area (Å²) in [5, 5.41) is 0. The van der Waals surface area contributed by atoms with Gasteiger partial charge >= 0.3 is 0 Å². The van der Waals surface area contributed by atoms with Gasteiger partial charge in [-0.15, -0.1) is 0 Å². The van der Waals surface area contributed by atoms with E-state index in [0.717, 1.165) is 12.1 Å². The molecule has 1 heterocycles. The van der Waals surface area contributed by atoms with Crippen LogP contribution in [0.15, 0.2) is 24.3 Å². The Bertz CT molecular complexity index is 545. The summed E-state index contributed by atoms with van der Waals surface area (Å²) in [4.78, 5) is 30.1. The van der Waals surface area contributed by atoms with Crippen molar-refractivity contribution in [3.8, 4) is 0 Å². The van der Waals surface area contributed by atoms with Crippen LogP contribution in [0.2, 0.25) is 0 Å². The first-order valence-corrected chi connectivity index (χ1v) is 7.32. The molecule has 1 fully saturated rings. The highest BCUT2D eigenvalue weighted by Crippen LogP contribution is 2.14. The first kappa shape index (κ1) is 16.4. The van der Waals surface area contributed by atoms with Crippen molar-refractivity contribution >= 4 is 11.8 Å². The summed E-state index contributed by atoms with van der Waals surface area (Å²) in [7, 11) is 5.33. The molecule has 0 N–H and O–H groups in total. The molecule has 1 atom stereocenters. The second-order valence-corrected chi connectivity index (χ2v) is 5.90. The molecule has 0 aromatic heterocycles. The molecular formula is C16H22FN3O2. The molecule has 1 saturated heterocycles. The van der Waals surface area contributed by atoms with Crippen molar-refractivity contribution in [2.45, 2.75) is 12.5 Å². The van der Waals surface area contributed by atoms with Crippen LogP contribution in [0.5, 0.6) is 0 Å². The third-order valence-corrected chi connectivity index (χ3v) is 3.90. The van der Waals surface area contributed by atoms with Crippen LogP contribution in [-0.2, 0) is 16.0 Å². The Morgan fingerprint density at radius 2 is 1.86 bits per heavy atom. The number of halogens is 1. The highest BCUT2D eigenvalue weighted by atomic mass is 19.1. The molecule has 0 unspecified atom stereocenters. The number of amides is 2. The lowest BCUT2D eigenvalue weighted by Crippen LogP contribution is -2.59. The Kier molecular flexibility index (Phi) is 5.13. The molecule has 0 spiro atoms. The predicted molar refractivity (Wildman–Crippen MR) is 81.8 cm³/mol. The monoisotopic (exact) mass is 307 g/mol. The van der Waals surface area contributed by atoms with Crippen molar-refractivity contribution in [1.29, 1.82) is 0 Å². The van der Waals surface area contributed by atoms with Crippen LogP contribution in [0, 0.1) is 5.82 Å². The largest absolute Gasteiger partial charge is 0.347 e. The number of carbonyl (C=O) groups excluding carboxylic acids is 2. The minimum absolute atomic E-state index is 0.0704. The molecule has 1 aliphatic heterocycles. The zero-order chi connectivity index (χ0) is 16.3. The normalized spacial score (nSPS) is 19.1. The van der Waals surface area contributed by atoms with Crippen LogP contribution in [0.25, 0.3) is 0 Å². The van der Waals surface area contributed by atoms with E-state index in [1.54, 1.807) is 31.1 Å². The minimum atomic E-state index is -0.457. The molecule has 2 amide bonds. The first-order valence-electron chi connectivity index (χ1n) is 7.32. The Morgan fingerprint density at radius 1 is 1.23 bits per heavy atom. The average Bonchev–Trinajstić information content (AvgIpc) is 2.48. The number of hydrogen-bond acceptors (Lipinski definition) is 3. The SMILES string of the molecule is CN1CCN(C(=O)Cc2ccc(F)cc2)[C@@H](C(=O)N(C)C)C1. The van der Waals surface area contributed by atoms with Gasteiger partial charge in [0.15, 0.2) is 0 Å². The van der Waals surface area contributed by atoms with E-state index in [4.69, 9.17) is 0 Å². The second kappa shape index (κ2) is 6.87. The zero-order valence-electron chi connectivity index (χ0n) is 13.3. The molecule has 22 heavy (non-hydrogen) atoms. The topological polar surface area (TPSA) is 43.9 Å². The third-order valence-electron chi connectivity index (χ3n) is 3.90. The van der Waals surface area contributed by atoms with Crippen LogP contribution in [-0.4, -0.2) is 73.3 Å². The summed E-state index contributed by atoms with van der Waals surface area (Å²) >= 11 is 0. The van der Waals surface area contributed by atoms with Gasteiger partial charge in [-0.05, 0) is 24.7 Å². The second-order valence-electron chi connectivity index (χ2n) is 5.90. The standard InChI is InChI=1S/C16H22FN3O2/c1-18(2)16(22)14-11-19(3)8-9-20(14)15(21)10-12-4-6-13(17)7-5-12/h4-7,14H,8-11H2,1-3H3/t14-/m1/s1. The molecule has 2 rings (SSSR count). The van der Waals surface area contributed by atoms with Crippen molar-refractivity contribution < 1.29 is 14.0 Å². The van der Waals surface area contributed by atoms with Gasteiger partial charge in [-0.1, -0.05) is 12.1 Å². The highest BCUT2D eigenvalue weighted by Gasteiger charge is 2.34.